The minimum absolute atomic E-state index is 0.0558. The van der Waals surface area contributed by atoms with Crippen LogP contribution in [0.2, 0.25) is 0 Å². The Hall–Kier alpha value is -2.37. The Morgan fingerprint density at radius 2 is 1.94 bits per heavy atom. The van der Waals surface area contributed by atoms with Gasteiger partial charge in [-0.3, -0.25) is 9.80 Å². The van der Waals surface area contributed by atoms with E-state index in [0.29, 0.717) is 27.9 Å². The minimum Gasteiger partial charge on any atom is -0.381 e. The number of nitrogen functional groups attached to an aromatic ring is 1. The van der Waals surface area contributed by atoms with Crippen LogP contribution in [0, 0.1) is 5.41 Å². The molecule has 172 valence electrons. The summed E-state index contributed by atoms with van der Waals surface area (Å²) < 4.78 is 34.6. The highest BCUT2D eigenvalue weighted by atomic mass is 32.2. The van der Waals surface area contributed by atoms with Crippen molar-refractivity contribution in [2.45, 2.75) is 35.0 Å². The number of alkyl halides is 2. The van der Waals surface area contributed by atoms with Crippen molar-refractivity contribution in [2.75, 3.05) is 60.8 Å². The maximum atomic E-state index is 14.5. The summed E-state index contributed by atoms with van der Waals surface area (Å²) in [6.07, 6.45) is 0.487. The second-order valence-electron chi connectivity index (χ2n) is 8.74. The fourth-order valence-corrected chi connectivity index (χ4v) is 5.74. The Kier molecular flexibility index (Phi) is 5.10. The minimum atomic E-state index is -3.10. The molecule has 32 heavy (non-hydrogen) atoms. The number of aromatic nitrogens is 2. The van der Waals surface area contributed by atoms with Gasteiger partial charge in [-0.1, -0.05) is 17.8 Å². The van der Waals surface area contributed by atoms with Crippen LogP contribution in [0.3, 0.4) is 0 Å². The van der Waals surface area contributed by atoms with E-state index >= 15 is 0 Å². The summed E-state index contributed by atoms with van der Waals surface area (Å²) in [6, 6.07) is 5.31. The van der Waals surface area contributed by atoms with E-state index in [9.17, 15) is 8.78 Å². The molecule has 0 radical (unpaired) electrons. The number of nitrogens with two attached hydrogens (primary N) is 2. The van der Waals surface area contributed by atoms with Crippen molar-refractivity contribution < 1.29 is 13.5 Å². The van der Waals surface area contributed by atoms with Gasteiger partial charge in [0.25, 0.3) is 0 Å². The second kappa shape index (κ2) is 7.60. The average Bonchev–Trinajstić information content (AvgIpc) is 3.21. The van der Waals surface area contributed by atoms with Crippen molar-refractivity contribution in [3.8, 4) is 0 Å². The molecule has 8 nitrogen and oxygen atoms in total. The first kappa shape index (κ1) is 21.5. The third-order valence-electron chi connectivity index (χ3n) is 7.00. The van der Waals surface area contributed by atoms with Crippen LogP contribution in [0.15, 0.2) is 34.3 Å². The van der Waals surface area contributed by atoms with Gasteiger partial charge < -0.3 is 21.1 Å². The highest BCUT2D eigenvalue weighted by Gasteiger charge is 2.49. The van der Waals surface area contributed by atoms with Crippen LogP contribution in [0.25, 0.3) is 0 Å². The lowest BCUT2D eigenvalue weighted by Gasteiger charge is -2.41. The molecule has 2 aromatic rings. The molecule has 2 saturated heterocycles. The summed E-state index contributed by atoms with van der Waals surface area (Å²) in [5.74, 6) is 1.00. The highest BCUT2D eigenvalue weighted by Crippen LogP contribution is 2.50. The van der Waals surface area contributed by atoms with E-state index in [1.165, 1.54) is 25.9 Å². The number of para-hydroxylation sites is 1. The first-order chi connectivity index (χ1) is 15.2. The average molecular weight is 464 g/mol. The number of benzene rings is 1. The van der Waals surface area contributed by atoms with E-state index in [0.717, 1.165) is 48.2 Å². The summed E-state index contributed by atoms with van der Waals surface area (Å²) in [5, 5.41) is 0.494. The number of ether oxygens (including phenoxy) is 1. The Labute approximate surface area is 189 Å². The quantitative estimate of drug-likeness (QED) is 0.666. The third-order valence-corrected chi connectivity index (χ3v) is 8.05. The van der Waals surface area contributed by atoms with Crippen LogP contribution in [0.5, 0.6) is 0 Å². The number of hydrogen-bond acceptors (Lipinski definition) is 9. The number of nitrogens with zero attached hydrogens (tertiary/aromatic N) is 5. The van der Waals surface area contributed by atoms with E-state index in [2.05, 4.69) is 14.9 Å². The second-order valence-corrected chi connectivity index (χ2v) is 9.77. The van der Waals surface area contributed by atoms with Crippen molar-refractivity contribution >= 4 is 34.8 Å². The monoisotopic (exact) mass is 463 g/mol. The topological polar surface area (TPSA) is 96.8 Å². The van der Waals surface area contributed by atoms with Gasteiger partial charge in [0, 0.05) is 43.5 Å². The fraction of sp³-hybridized carbons (Fsp3) is 0.524. The molecule has 11 heteroatoms. The van der Waals surface area contributed by atoms with Crippen LogP contribution in [0.4, 0.5) is 31.8 Å². The fourth-order valence-electron chi connectivity index (χ4n) is 4.79. The van der Waals surface area contributed by atoms with Crippen LogP contribution < -0.4 is 26.2 Å². The molecule has 0 aliphatic carbocycles. The molecule has 0 bridgehead atoms. The van der Waals surface area contributed by atoms with Gasteiger partial charge in [-0.15, -0.1) is 0 Å². The van der Waals surface area contributed by atoms with Crippen molar-refractivity contribution in [1.82, 2.24) is 9.97 Å². The number of fused-ring (bicyclic) bond motifs is 1. The maximum absolute atomic E-state index is 14.5. The smallest absolute Gasteiger partial charge is 0.381 e. The molecule has 4 N–H and O–H groups in total. The summed E-state index contributed by atoms with van der Waals surface area (Å²) in [4.78, 5) is 13.9. The SMILES string of the molecule is CN1c2cccc(Sc3ncc(N4CCC5(CC4)COC[C@H]5N)nc3N)c2N(C)C1(F)F. The molecule has 1 spiro atoms. The van der Waals surface area contributed by atoms with Gasteiger partial charge in [0.05, 0.1) is 30.8 Å². The molecule has 3 aliphatic rings. The zero-order valence-corrected chi connectivity index (χ0v) is 18.9. The maximum Gasteiger partial charge on any atom is 0.413 e. The summed E-state index contributed by atoms with van der Waals surface area (Å²) in [7, 11) is 2.77. The molecule has 1 atom stereocenters. The van der Waals surface area contributed by atoms with Gasteiger partial charge in [-0.25, -0.2) is 9.97 Å². The molecular formula is C21H27F2N7OS. The Balaban J connectivity index is 1.34. The van der Waals surface area contributed by atoms with Crippen molar-refractivity contribution in [3.63, 3.8) is 0 Å². The summed E-state index contributed by atoms with van der Waals surface area (Å²) >= 11 is 1.25. The van der Waals surface area contributed by atoms with Gasteiger partial charge in [0.15, 0.2) is 5.82 Å². The predicted octanol–water partition coefficient (Wildman–Crippen LogP) is 2.59. The number of rotatable bonds is 3. The molecule has 1 aromatic heterocycles. The zero-order chi connectivity index (χ0) is 22.7. The van der Waals surface area contributed by atoms with Gasteiger partial charge in [0.2, 0.25) is 0 Å². The number of hydrogen-bond donors (Lipinski definition) is 2. The summed E-state index contributed by atoms with van der Waals surface area (Å²) in [5.41, 5.74) is 13.5. The standard InChI is InChI=1S/C21H27F2N7OS/c1-28-13-4-3-5-14(17(13)29(2)21(28,22)23)32-19-18(25)27-16(10-26-19)30-8-6-20(7-9-30)12-31-11-15(20)24/h3-5,10,15H,6-9,11-12,24H2,1-2H3,(H2,25,27)/t15-/m1/s1. The Bertz CT molecular complexity index is 1030. The van der Waals surface area contributed by atoms with Crippen LogP contribution in [0.1, 0.15) is 12.8 Å². The van der Waals surface area contributed by atoms with Crippen molar-refractivity contribution in [1.29, 1.82) is 0 Å². The van der Waals surface area contributed by atoms with E-state index in [4.69, 9.17) is 16.2 Å². The van der Waals surface area contributed by atoms with Crippen molar-refractivity contribution in [2.24, 2.45) is 11.1 Å². The summed E-state index contributed by atoms with van der Waals surface area (Å²) in [6.45, 7) is 2.97. The highest BCUT2D eigenvalue weighted by molar-refractivity contribution is 7.99. The van der Waals surface area contributed by atoms with Gasteiger partial charge in [-0.05, 0) is 25.0 Å². The normalized spacial score (nSPS) is 23.8. The lowest BCUT2D eigenvalue weighted by molar-refractivity contribution is 0.0120. The van der Waals surface area contributed by atoms with E-state index in [-0.39, 0.29) is 17.3 Å². The number of halogens is 2. The van der Waals surface area contributed by atoms with E-state index in [1.807, 2.05) is 0 Å². The molecule has 4 heterocycles. The van der Waals surface area contributed by atoms with Gasteiger partial charge in [-0.2, -0.15) is 8.78 Å². The molecular weight excluding hydrogens is 436 g/mol. The Morgan fingerprint density at radius 1 is 1.19 bits per heavy atom. The molecule has 5 rings (SSSR count). The van der Waals surface area contributed by atoms with Crippen LogP contribution in [-0.2, 0) is 4.74 Å². The number of anilines is 4. The van der Waals surface area contributed by atoms with Crippen molar-refractivity contribution in [3.05, 3.63) is 24.4 Å². The molecule has 0 saturated carbocycles. The van der Waals surface area contributed by atoms with Crippen LogP contribution in [-0.4, -0.2) is 62.6 Å². The van der Waals surface area contributed by atoms with Gasteiger partial charge in [0.1, 0.15) is 10.8 Å². The first-order valence-corrected chi connectivity index (χ1v) is 11.4. The van der Waals surface area contributed by atoms with E-state index < -0.39 is 6.17 Å². The predicted molar refractivity (Wildman–Crippen MR) is 121 cm³/mol. The van der Waals surface area contributed by atoms with Crippen LogP contribution >= 0.6 is 11.8 Å². The number of piperidine rings is 1. The molecule has 1 aromatic carbocycles. The largest absolute Gasteiger partial charge is 0.413 e. The zero-order valence-electron chi connectivity index (χ0n) is 18.1. The van der Waals surface area contributed by atoms with Gasteiger partial charge >= 0.3 is 6.17 Å². The molecule has 3 aliphatic heterocycles. The van der Waals surface area contributed by atoms with E-state index in [1.54, 1.807) is 24.4 Å². The molecule has 2 fully saturated rings. The lowest BCUT2D eigenvalue weighted by Crippen LogP contribution is -2.49. The third kappa shape index (κ3) is 3.25. The lowest BCUT2D eigenvalue weighted by atomic mass is 9.75. The molecule has 0 unspecified atom stereocenters. The first-order valence-electron chi connectivity index (χ1n) is 10.6. The Morgan fingerprint density at radius 3 is 2.59 bits per heavy atom. The molecule has 0 amide bonds.